The third-order valence-electron chi connectivity index (χ3n) is 4.81. The fourth-order valence-electron chi connectivity index (χ4n) is 3.72. The Kier molecular flexibility index (Phi) is 5.17. The number of Topliss-reactive ketones (excluding diaryl/α,β-unsaturated/α-hetero) is 1. The van der Waals surface area contributed by atoms with E-state index in [-0.39, 0.29) is 17.9 Å². The summed E-state index contributed by atoms with van der Waals surface area (Å²) in [6, 6.07) is 4.68. The van der Waals surface area contributed by atoms with Crippen LogP contribution in [-0.2, 0) is 4.79 Å². The zero-order valence-electron chi connectivity index (χ0n) is 14.7. The van der Waals surface area contributed by atoms with E-state index in [0.717, 1.165) is 30.7 Å². The molecule has 22 heavy (non-hydrogen) atoms. The van der Waals surface area contributed by atoms with E-state index < -0.39 is 0 Å². The van der Waals surface area contributed by atoms with Crippen LogP contribution in [0.3, 0.4) is 0 Å². The Morgan fingerprint density at radius 1 is 1.09 bits per heavy atom. The predicted octanol–water partition coefficient (Wildman–Crippen LogP) is 4.15. The molecule has 0 saturated carbocycles. The first-order valence-corrected chi connectivity index (χ1v) is 8.16. The SMILES string of the molecule is CC(=O)C1CCCC(C(C)=Nc2c(C)cc(C)cc2C)N1C. The first kappa shape index (κ1) is 16.9. The highest BCUT2D eigenvalue weighted by Gasteiger charge is 2.31. The number of carbonyl (C=O) groups excluding carboxylic acids is 1. The summed E-state index contributed by atoms with van der Waals surface area (Å²) < 4.78 is 0. The van der Waals surface area contributed by atoms with E-state index in [9.17, 15) is 4.79 Å². The molecule has 0 spiro atoms. The van der Waals surface area contributed by atoms with Gasteiger partial charge in [-0.1, -0.05) is 17.7 Å². The van der Waals surface area contributed by atoms with Gasteiger partial charge in [-0.15, -0.1) is 0 Å². The summed E-state index contributed by atoms with van der Waals surface area (Å²) in [7, 11) is 2.06. The van der Waals surface area contributed by atoms with Gasteiger partial charge in [0.1, 0.15) is 5.78 Å². The smallest absolute Gasteiger partial charge is 0.146 e. The molecule has 3 nitrogen and oxygen atoms in total. The minimum Gasteiger partial charge on any atom is -0.298 e. The molecule has 2 rings (SSSR count). The van der Waals surface area contributed by atoms with Gasteiger partial charge >= 0.3 is 0 Å². The summed E-state index contributed by atoms with van der Waals surface area (Å²) >= 11 is 0. The highest BCUT2D eigenvalue weighted by Crippen LogP contribution is 2.28. The lowest BCUT2D eigenvalue weighted by Gasteiger charge is -2.38. The summed E-state index contributed by atoms with van der Waals surface area (Å²) in [5, 5.41) is 0. The molecule has 1 saturated heterocycles. The van der Waals surface area contributed by atoms with Gasteiger partial charge in [-0.2, -0.15) is 0 Å². The van der Waals surface area contributed by atoms with Crippen LogP contribution in [0.2, 0.25) is 0 Å². The molecule has 0 amide bonds. The largest absolute Gasteiger partial charge is 0.298 e. The molecule has 0 aliphatic carbocycles. The number of rotatable bonds is 3. The Bertz CT molecular complexity index is 580. The molecule has 0 radical (unpaired) electrons. The van der Waals surface area contributed by atoms with Gasteiger partial charge in [0.2, 0.25) is 0 Å². The Hall–Kier alpha value is -1.48. The van der Waals surface area contributed by atoms with E-state index in [2.05, 4.69) is 51.8 Å². The molecule has 2 atom stereocenters. The third-order valence-corrected chi connectivity index (χ3v) is 4.81. The molecule has 120 valence electrons. The van der Waals surface area contributed by atoms with Gasteiger partial charge in [0.05, 0.1) is 11.7 Å². The Morgan fingerprint density at radius 3 is 2.18 bits per heavy atom. The van der Waals surface area contributed by atoms with Crippen molar-refractivity contribution < 1.29 is 4.79 Å². The van der Waals surface area contributed by atoms with Gasteiger partial charge in [0.15, 0.2) is 0 Å². The van der Waals surface area contributed by atoms with E-state index >= 15 is 0 Å². The second-order valence-electron chi connectivity index (χ2n) is 6.74. The number of benzene rings is 1. The number of nitrogens with zero attached hydrogens (tertiary/aromatic N) is 2. The van der Waals surface area contributed by atoms with E-state index in [4.69, 9.17) is 4.99 Å². The first-order chi connectivity index (χ1) is 10.3. The fraction of sp³-hybridized carbons (Fsp3) is 0.579. The molecular weight excluding hydrogens is 272 g/mol. The third kappa shape index (κ3) is 3.46. The Morgan fingerprint density at radius 2 is 1.64 bits per heavy atom. The average molecular weight is 300 g/mol. The standard InChI is InChI=1S/C19H28N2O/c1-12-10-13(2)19(14(3)11-12)20-15(4)17-8-7-9-18(16(5)22)21(17)6/h10-11,17-18H,7-9H2,1-6H3. The van der Waals surface area contributed by atoms with Crippen LogP contribution in [0.1, 0.15) is 49.8 Å². The molecule has 1 fully saturated rings. The number of ketones is 1. The van der Waals surface area contributed by atoms with E-state index in [1.807, 2.05) is 0 Å². The number of hydrogen-bond donors (Lipinski definition) is 0. The predicted molar refractivity (Wildman–Crippen MR) is 93.3 cm³/mol. The quantitative estimate of drug-likeness (QED) is 0.786. The molecule has 0 bridgehead atoms. The van der Waals surface area contributed by atoms with E-state index in [0.29, 0.717) is 0 Å². The van der Waals surface area contributed by atoms with Crippen LogP contribution in [0.15, 0.2) is 17.1 Å². The molecule has 1 aromatic carbocycles. The number of hydrogen-bond acceptors (Lipinski definition) is 3. The second kappa shape index (κ2) is 6.74. The van der Waals surface area contributed by atoms with Crippen molar-refractivity contribution in [2.24, 2.45) is 4.99 Å². The van der Waals surface area contributed by atoms with Crippen LogP contribution >= 0.6 is 0 Å². The molecule has 1 heterocycles. The molecule has 2 unspecified atom stereocenters. The van der Waals surface area contributed by atoms with Crippen LogP contribution in [0.4, 0.5) is 5.69 Å². The van der Waals surface area contributed by atoms with Gasteiger partial charge in [-0.05, 0) is 72.1 Å². The molecule has 0 aromatic heterocycles. The lowest BCUT2D eigenvalue weighted by Crippen LogP contribution is -2.50. The topological polar surface area (TPSA) is 32.7 Å². The van der Waals surface area contributed by atoms with Crippen LogP contribution in [0, 0.1) is 20.8 Å². The summed E-state index contributed by atoms with van der Waals surface area (Å²) in [4.78, 5) is 18.9. The minimum absolute atomic E-state index is 0.0455. The number of piperidine rings is 1. The highest BCUT2D eigenvalue weighted by molar-refractivity contribution is 5.91. The normalized spacial score (nSPS) is 23.6. The maximum absolute atomic E-state index is 11.8. The number of likely N-dealkylation sites (tertiary alicyclic amines) is 1. The summed E-state index contributed by atoms with van der Waals surface area (Å²) in [5.41, 5.74) is 5.92. The van der Waals surface area contributed by atoms with Crippen molar-refractivity contribution in [1.82, 2.24) is 4.90 Å². The van der Waals surface area contributed by atoms with Gasteiger partial charge in [0, 0.05) is 11.8 Å². The second-order valence-corrected chi connectivity index (χ2v) is 6.74. The maximum atomic E-state index is 11.8. The number of aliphatic imine (C=N–C) groups is 1. The Labute approximate surface area is 134 Å². The van der Waals surface area contributed by atoms with Gasteiger partial charge < -0.3 is 0 Å². The monoisotopic (exact) mass is 300 g/mol. The molecule has 0 N–H and O–H groups in total. The van der Waals surface area contributed by atoms with E-state index in [1.54, 1.807) is 6.92 Å². The van der Waals surface area contributed by atoms with Gasteiger partial charge in [-0.3, -0.25) is 14.7 Å². The van der Waals surface area contributed by atoms with E-state index in [1.165, 1.54) is 16.7 Å². The van der Waals surface area contributed by atoms with Crippen molar-refractivity contribution in [3.05, 3.63) is 28.8 Å². The molecule has 3 heteroatoms. The summed E-state index contributed by atoms with van der Waals surface area (Å²) in [6.45, 7) is 10.2. The van der Waals surface area contributed by atoms with Crippen molar-refractivity contribution in [3.8, 4) is 0 Å². The van der Waals surface area contributed by atoms with Crippen molar-refractivity contribution in [1.29, 1.82) is 0 Å². The lowest BCUT2D eigenvalue weighted by atomic mass is 9.91. The zero-order chi connectivity index (χ0) is 16.4. The summed E-state index contributed by atoms with van der Waals surface area (Å²) in [6.07, 6.45) is 3.15. The first-order valence-electron chi connectivity index (χ1n) is 8.16. The highest BCUT2D eigenvalue weighted by atomic mass is 16.1. The molecular formula is C19H28N2O. The van der Waals surface area contributed by atoms with Crippen molar-refractivity contribution in [2.75, 3.05) is 7.05 Å². The number of likely N-dealkylation sites (N-methyl/N-ethyl adjacent to an activating group) is 1. The number of carbonyl (C=O) groups is 1. The zero-order valence-corrected chi connectivity index (χ0v) is 14.7. The van der Waals surface area contributed by atoms with Gasteiger partial charge in [0.25, 0.3) is 0 Å². The van der Waals surface area contributed by atoms with Crippen LogP contribution in [-0.4, -0.2) is 35.5 Å². The van der Waals surface area contributed by atoms with Crippen LogP contribution in [0.5, 0.6) is 0 Å². The van der Waals surface area contributed by atoms with Crippen LogP contribution < -0.4 is 0 Å². The molecule has 1 aliphatic heterocycles. The average Bonchev–Trinajstić information content (AvgIpc) is 2.42. The lowest BCUT2D eigenvalue weighted by molar-refractivity contribution is -0.123. The van der Waals surface area contributed by atoms with Crippen molar-refractivity contribution in [2.45, 2.75) is 66.0 Å². The number of aryl methyl sites for hydroxylation is 3. The minimum atomic E-state index is 0.0455. The van der Waals surface area contributed by atoms with Crippen LogP contribution in [0.25, 0.3) is 0 Å². The summed E-state index contributed by atoms with van der Waals surface area (Å²) in [5.74, 6) is 0.266. The van der Waals surface area contributed by atoms with Crippen molar-refractivity contribution in [3.63, 3.8) is 0 Å². The Balaban J connectivity index is 2.31. The maximum Gasteiger partial charge on any atom is 0.146 e. The van der Waals surface area contributed by atoms with Gasteiger partial charge in [-0.25, -0.2) is 0 Å². The molecule has 1 aliphatic rings. The molecule has 1 aromatic rings. The van der Waals surface area contributed by atoms with Crippen molar-refractivity contribution >= 4 is 17.2 Å². The fourth-order valence-corrected chi connectivity index (χ4v) is 3.72.